The number of nitrogens with zero attached hydrogens (tertiary/aromatic N) is 1. The van der Waals surface area contributed by atoms with Crippen LogP contribution in [0.5, 0.6) is 0 Å². The molecule has 5 aromatic carbocycles. The summed E-state index contributed by atoms with van der Waals surface area (Å²) in [6.07, 6.45) is 0. The summed E-state index contributed by atoms with van der Waals surface area (Å²) in [7, 11) is 4.04. The largest absolute Gasteiger partial charge is 4.00 e. The molecule has 5 aromatic rings. The van der Waals surface area contributed by atoms with Crippen LogP contribution in [0.15, 0.2) is 109 Å². The first-order chi connectivity index (χ1) is 13.6. The molecule has 0 atom stereocenters. The van der Waals surface area contributed by atoms with Crippen molar-refractivity contribution < 1.29 is 26.2 Å². The summed E-state index contributed by atoms with van der Waals surface area (Å²) in [5.41, 5.74) is 2.26. The van der Waals surface area contributed by atoms with E-state index in [2.05, 4.69) is 103 Å². The number of fused-ring (bicyclic) bond motifs is 2. The van der Waals surface area contributed by atoms with Crippen LogP contribution in [0.3, 0.4) is 0 Å². The second kappa shape index (κ2) is 12.9. The molecule has 1 nitrogen and oxygen atoms in total. The molecular weight excluding hydrogens is 442 g/mol. The zero-order valence-corrected chi connectivity index (χ0v) is 20.5. The van der Waals surface area contributed by atoms with Crippen LogP contribution in [0, 0.1) is 14.4 Å². The van der Waals surface area contributed by atoms with Gasteiger partial charge in [-0.05, 0) is 14.1 Å². The van der Waals surface area contributed by atoms with E-state index in [0.717, 1.165) is 5.56 Å². The van der Waals surface area contributed by atoms with Crippen LogP contribution in [0.2, 0.25) is 0 Å². The fourth-order valence-corrected chi connectivity index (χ4v) is 3.09. The van der Waals surface area contributed by atoms with E-state index in [9.17, 15) is 0 Å². The van der Waals surface area contributed by atoms with Gasteiger partial charge in [0.15, 0.2) is 0 Å². The van der Waals surface area contributed by atoms with Gasteiger partial charge in [0.25, 0.3) is 0 Å². The van der Waals surface area contributed by atoms with Gasteiger partial charge in [0.2, 0.25) is 0 Å². The van der Waals surface area contributed by atoms with E-state index in [1.807, 2.05) is 32.3 Å². The van der Waals surface area contributed by atoms with Crippen LogP contribution in [-0.2, 0) is 26.2 Å². The van der Waals surface area contributed by atoms with Crippen LogP contribution in [0.1, 0.15) is 5.56 Å². The molecule has 0 saturated carbocycles. The fourth-order valence-electron chi connectivity index (χ4n) is 3.09. The van der Waals surface area contributed by atoms with Crippen LogP contribution >= 0.6 is 0 Å². The number of anilines is 1. The van der Waals surface area contributed by atoms with Crippen molar-refractivity contribution in [1.82, 2.24) is 0 Å². The summed E-state index contributed by atoms with van der Waals surface area (Å²) in [5.74, 6) is 0. The molecule has 5 rings (SSSR count). The third-order valence-electron chi connectivity index (χ3n) is 4.57. The zero-order chi connectivity index (χ0) is 19.8. The van der Waals surface area contributed by atoms with Crippen LogP contribution in [0.25, 0.3) is 21.5 Å². The van der Waals surface area contributed by atoms with Crippen LogP contribution < -0.4 is 4.90 Å². The minimum absolute atomic E-state index is 0. The topological polar surface area (TPSA) is 3.24 Å². The molecule has 0 aliphatic carbocycles. The minimum Gasteiger partial charge on any atom is -0.428 e. The van der Waals surface area contributed by atoms with E-state index in [-0.39, 0.29) is 33.6 Å². The third-order valence-corrected chi connectivity index (χ3v) is 4.57. The summed E-state index contributed by atoms with van der Waals surface area (Å²) in [5, 5.41) is 5.32. The second-order valence-electron chi connectivity index (χ2n) is 6.83. The summed E-state index contributed by atoms with van der Waals surface area (Å²) >= 11 is 0. The van der Waals surface area contributed by atoms with Gasteiger partial charge in [0, 0.05) is 0 Å². The predicted molar refractivity (Wildman–Crippen MR) is 131 cm³/mol. The van der Waals surface area contributed by atoms with Gasteiger partial charge in [-0.3, -0.25) is 0 Å². The Morgan fingerprint density at radius 2 is 1.07 bits per heavy atom. The normalized spacial score (nSPS) is 9.27. The van der Waals surface area contributed by atoms with Crippen molar-refractivity contribution in [3.05, 3.63) is 129 Å². The third kappa shape index (κ3) is 7.04. The maximum atomic E-state index is 3.90. The Bertz CT molecular complexity index is 991. The van der Waals surface area contributed by atoms with E-state index >= 15 is 0 Å². The molecule has 0 unspecified atom stereocenters. The van der Waals surface area contributed by atoms with Crippen molar-refractivity contribution in [2.24, 2.45) is 0 Å². The first kappa shape index (κ1) is 25.5. The summed E-state index contributed by atoms with van der Waals surface area (Å²) in [6.45, 7) is 3.90. The Labute approximate surface area is 200 Å². The summed E-state index contributed by atoms with van der Waals surface area (Å²) < 4.78 is 0. The molecule has 0 aliphatic heterocycles. The van der Waals surface area contributed by atoms with Crippen molar-refractivity contribution in [3.8, 4) is 0 Å². The number of rotatable bonds is 1. The van der Waals surface area contributed by atoms with Crippen molar-refractivity contribution in [3.63, 3.8) is 0 Å². The molecular formula is C28H29NZr. The molecule has 0 amide bonds. The zero-order valence-electron chi connectivity index (χ0n) is 18.0. The molecule has 0 fully saturated rings. The Kier molecular flexibility index (Phi) is 10.9. The summed E-state index contributed by atoms with van der Waals surface area (Å²) in [6, 6.07) is 37.4. The standard InChI is InChI=1S/C9H12N.2C9H7.CH3.Zr/c1-8-6-4-5-7-9(8)10(2)3;2*1-2-5-9-7-3-6-8(9)4-1;;/h4-7H,1H2,2-3H3;2*1-7H;1H3;/q4*-1;+4. The van der Waals surface area contributed by atoms with Gasteiger partial charge in [-0.15, -0.1) is 65.4 Å². The van der Waals surface area contributed by atoms with Gasteiger partial charge in [-0.2, -0.15) is 53.6 Å². The molecule has 0 N–H and O–H groups in total. The quantitative estimate of drug-likeness (QED) is 0.229. The van der Waals surface area contributed by atoms with E-state index in [0.29, 0.717) is 0 Å². The number of hydrogen-bond acceptors (Lipinski definition) is 1. The minimum atomic E-state index is 0. The van der Waals surface area contributed by atoms with Gasteiger partial charge >= 0.3 is 26.2 Å². The van der Waals surface area contributed by atoms with Gasteiger partial charge in [-0.25, -0.2) is 0 Å². The van der Waals surface area contributed by atoms with E-state index < -0.39 is 0 Å². The number of benzene rings is 3. The van der Waals surface area contributed by atoms with Gasteiger partial charge in [0.1, 0.15) is 0 Å². The van der Waals surface area contributed by atoms with Crippen LogP contribution in [0.4, 0.5) is 5.69 Å². The van der Waals surface area contributed by atoms with Crippen molar-refractivity contribution in [2.45, 2.75) is 0 Å². The molecule has 0 radical (unpaired) electrons. The first-order valence-electron chi connectivity index (χ1n) is 9.44. The average molecular weight is 471 g/mol. The molecule has 2 heteroatoms. The second-order valence-corrected chi connectivity index (χ2v) is 6.83. The Balaban J connectivity index is 0.000000218. The van der Waals surface area contributed by atoms with Gasteiger partial charge < -0.3 is 12.3 Å². The smallest absolute Gasteiger partial charge is 0.428 e. The molecule has 0 heterocycles. The molecule has 150 valence electrons. The summed E-state index contributed by atoms with van der Waals surface area (Å²) in [4.78, 5) is 2.06. The SMILES string of the molecule is [CH2-]c1ccccc1N(C)C.[CH3-].[Zr+4].c1ccc2[cH-]ccc2c1.c1ccc2[cH-]ccc2c1. The Hall–Kier alpha value is -2.57. The molecule has 0 bridgehead atoms. The maximum Gasteiger partial charge on any atom is 4.00 e. The Morgan fingerprint density at radius 3 is 1.47 bits per heavy atom. The van der Waals surface area contributed by atoms with Gasteiger partial charge in [0.05, 0.1) is 0 Å². The number of para-hydroxylation sites is 1. The van der Waals surface area contributed by atoms with E-state index in [1.165, 1.54) is 27.2 Å². The maximum absolute atomic E-state index is 3.90. The molecule has 0 aromatic heterocycles. The molecule has 0 saturated heterocycles. The Morgan fingerprint density at radius 1 is 0.633 bits per heavy atom. The monoisotopic (exact) mass is 469 g/mol. The number of hydrogen-bond donors (Lipinski definition) is 0. The first-order valence-corrected chi connectivity index (χ1v) is 9.44. The fraction of sp³-hybridized carbons (Fsp3) is 0.0714. The van der Waals surface area contributed by atoms with Crippen molar-refractivity contribution in [1.29, 1.82) is 0 Å². The van der Waals surface area contributed by atoms with Crippen molar-refractivity contribution >= 4 is 27.2 Å². The molecule has 0 aliphatic rings. The van der Waals surface area contributed by atoms with E-state index in [1.54, 1.807) is 0 Å². The van der Waals surface area contributed by atoms with Crippen LogP contribution in [-0.4, -0.2) is 14.1 Å². The average Bonchev–Trinajstić information content (AvgIpc) is 3.38. The predicted octanol–water partition coefficient (Wildman–Crippen LogP) is 7.50. The van der Waals surface area contributed by atoms with Crippen molar-refractivity contribution in [2.75, 3.05) is 19.0 Å². The molecule has 0 spiro atoms. The molecule has 30 heavy (non-hydrogen) atoms. The van der Waals surface area contributed by atoms with E-state index in [4.69, 9.17) is 0 Å². The van der Waals surface area contributed by atoms with Gasteiger partial charge in [-0.1, -0.05) is 30.0 Å².